The predicted octanol–water partition coefficient (Wildman–Crippen LogP) is 1.13. The number of ether oxygens (including phenoxy) is 2. The normalized spacial score (nSPS) is 25.1. The highest BCUT2D eigenvalue weighted by Gasteiger charge is 2.24. The lowest BCUT2D eigenvalue weighted by Crippen LogP contribution is -2.41. The minimum Gasteiger partial charge on any atom is -0.481 e. The number of hydrogen-bond acceptors (Lipinski definition) is 5. The first-order valence-corrected chi connectivity index (χ1v) is 5.59. The summed E-state index contributed by atoms with van der Waals surface area (Å²) in [5.41, 5.74) is 5.99. The molecule has 0 aliphatic heterocycles. The van der Waals surface area contributed by atoms with Crippen LogP contribution in [0.1, 0.15) is 25.7 Å². The molecular weight excluding hydrogens is 206 g/mol. The van der Waals surface area contributed by atoms with Crippen LogP contribution in [0.2, 0.25) is 0 Å². The van der Waals surface area contributed by atoms with Gasteiger partial charge in [-0.3, -0.25) is 0 Å². The Bertz CT molecular complexity index is 346. The smallest absolute Gasteiger partial charge is 0.320 e. The molecule has 0 radical (unpaired) electrons. The predicted molar refractivity (Wildman–Crippen MR) is 59.4 cm³/mol. The van der Waals surface area contributed by atoms with Crippen LogP contribution >= 0.6 is 0 Å². The third kappa shape index (κ3) is 2.61. The second-order valence-electron chi connectivity index (χ2n) is 3.99. The van der Waals surface area contributed by atoms with E-state index < -0.39 is 0 Å². The standard InChI is InChI=1S/C11H17N3O2/c1-15-10-6-7-13-11(14-10)16-9-5-3-2-4-8(9)12/h6-9H,2-5,12H2,1H3. The number of rotatable bonds is 3. The number of methoxy groups -OCH3 is 1. The van der Waals surface area contributed by atoms with Gasteiger partial charge in [0.15, 0.2) is 0 Å². The van der Waals surface area contributed by atoms with Gasteiger partial charge in [0.05, 0.1) is 7.11 Å². The van der Waals surface area contributed by atoms with Crippen molar-refractivity contribution in [3.63, 3.8) is 0 Å². The molecule has 0 aromatic carbocycles. The van der Waals surface area contributed by atoms with Gasteiger partial charge in [-0.05, 0) is 19.3 Å². The van der Waals surface area contributed by atoms with Gasteiger partial charge in [0.2, 0.25) is 5.88 Å². The molecule has 2 rings (SSSR count). The first kappa shape index (κ1) is 11.1. The first-order chi connectivity index (χ1) is 7.79. The SMILES string of the molecule is COc1ccnc(OC2CCCCC2N)n1. The van der Waals surface area contributed by atoms with Crippen LogP contribution in [-0.4, -0.2) is 29.2 Å². The van der Waals surface area contributed by atoms with Crippen LogP contribution in [0.3, 0.4) is 0 Å². The zero-order chi connectivity index (χ0) is 11.4. The third-order valence-electron chi connectivity index (χ3n) is 2.83. The maximum atomic E-state index is 5.99. The highest BCUT2D eigenvalue weighted by molar-refractivity contribution is 5.11. The number of hydrogen-bond donors (Lipinski definition) is 1. The molecule has 16 heavy (non-hydrogen) atoms. The van der Waals surface area contributed by atoms with E-state index in [1.165, 1.54) is 6.42 Å². The van der Waals surface area contributed by atoms with Crippen LogP contribution in [0.5, 0.6) is 11.9 Å². The van der Waals surface area contributed by atoms with Gasteiger partial charge in [-0.1, -0.05) is 6.42 Å². The average molecular weight is 223 g/mol. The highest BCUT2D eigenvalue weighted by atomic mass is 16.5. The summed E-state index contributed by atoms with van der Waals surface area (Å²) in [4.78, 5) is 8.16. The van der Waals surface area contributed by atoms with Gasteiger partial charge in [0, 0.05) is 18.3 Å². The fourth-order valence-electron chi connectivity index (χ4n) is 1.90. The summed E-state index contributed by atoms with van der Waals surface area (Å²) in [6.45, 7) is 0. The van der Waals surface area contributed by atoms with Gasteiger partial charge in [0.1, 0.15) is 6.10 Å². The molecule has 0 amide bonds. The van der Waals surface area contributed by atoms with Gasteiger partial charge < -0.3 is 15.2 Å². The van der Waals surface area contributed by atoms with E-state index in [9.17, 15) is 0 Å². The Kier molecular flexibility index (Phi) is 3.56. The largest absolute Gasteiger partial charge is 0.481 e. The summed E-state index contributed by atoms with van der Waals surface area (Å²) in [5.74, 6) is 0.509. The maximum Gasteiger partial charge on any atom is 0.320 e. The Hall–Kier alpha value is -1.36. The van der Waals surface area contributed by atoms with Crippen molar-refractivity contribution in [2.75, 3.05) is 7.11 Å². The molecule has 2 unspecified atom stereocenters. The molecule has 0 spiro atoms. The van der Waals surface area contributed by atoms with E-state index in [0.717, 1.165) is 19.3 Å². The molecular formula is C11H17N3O2. The monoisotopic (exact) mass is 223 g/mol. The molecule has 1 aliphatic rings. The van der Waals surface area contributed by atoms with Crippen molar-refractivity contribution in [3.05, 3.63) is 12.3 Å². The fourth-order valence-corrected chi connectivity index (χ4v) is 1.90. The van der Waals surface area contributed by atoms with E-state index in [-0.39, 0.29) is 12.1 Å². The second kappa shape index (κ2) is 5.12. The zero-order valence-corrected chi connectivity index (χ0v) is 9.43. The minimum atomic E-state index is 0.0286. The summed E-state index contributed by atoms with van der Waals surface area (Å²) >= 11 is 0. The summed E-state index contributed by atoms with van der Waals surface area (Å²) in [6, 6.07) is 2.12. The molecule has 5 heteroatoms. The number of nitrogens with two attached hydrogens (primary N) is 1. The molecule has 1 aromatic heterocycles. The van der Waals surface area contributed by atoms with Crippen molar-refractivity contribution in [1.29, 1.82) is 0 Å². The van der Waals surface area contributed by atoms with Crippen LogP contribution in [0.25, 0.3) is 0 Å². The van der Waals surface area contributed by atoms with Crippen molar-refractivity contribution in [1.82, 2.24) is 9.97 Å². The van der Waals surface area contributed by atoms with Gasteiger partial charge in [-0.15, -0.1) is 0 Å². The molecule has 1 saturated carbocycles. The number of nitrogens with zero attached hydrogens (tertiary/aromatic N) is 2. The maximum absolute atomic E-state index is 5.99. The molecule has 0 saturated heterocycles. The Morgan fingerprint density at radius 2 is 2.19 bits per heavy atom. The van der Waals surface area contributed by atoms with E-state index in [4.69, 9.17) is 15.2 Å². The average Bonchev–Trinajstić information content (AvgIpc) is 2.32. The molecule has 5 nitrogen and oxygen atoms in total. The van der Waals surface area contributed by atoms with Gasteiger partial charge in [0.25, 0.3) is 0 Å². The minimum absolute atomic E-state index is 0.0286. The van der Waals surface area contributed by atoms with Gasteiger partial charge in [-0.2, -0.15) is 4.98 Å². The molecule has 2 atom stereocenters. The Labute approximate surface area is 95.0 Å². The van der Waals surface area contributed by atoms with Crippen LogP contribution in [0.4, 0.5) is 0 Å². The Morgan fingerprint density at radius 1 is 1.38 bits per heavy atom. The van der Waals surface area contributed by atoms with Crippen LogP contribution < -0.4 is 15.2 Å². The zero-order valence-electron chi connectivity index (χ0n) is 9.43. The van der Waals surface area contributed by atoms with Crippen molar-refractivity contribution < 1.29 is 9.47 Å². The molecule has 0 bridgehead atoms. The second-order valence-corrected chi connectivity index (χ2v) is 3.99. The summed E-state index contributed by atoms with van der Waals surface area (Å²) < 4.78 is 10.7. The van der Waals surface area contributed by atoms with Gasteiger partial charge in [-0.25, -0.2) is 4.98 Å². The Morgan fingerprint density at radius 3 is 2.94 bits per heavy atom. The fraction of sp³-hybridized carbons (Fsp3) is 0.636. The molecule has 2 N–H and O–H groups in total. The molecule has 1 heterocycles. The quantitative estimate of drug-likeness (QED) is 0.831. The van der Waals surface area contributed by atoms with E-state index in [2.05, 4.69) is 9.97 Å². The highest BCUT2D eigenvalue weighted by Crippen LogP contribution is 2.21. The van der Waals surface area contributed by atoms with Crippen molar-refractivity contribution >= 4 is 0 Å². The van der Waals surface area contributed by atoms with E-state index in [0.29, 0.717) is 11.9 Å². The molecule has 1 fully saturated rings. The van der Waals surface area contributed by atoms with Crippen molar-refractivity contribution in [2.45, 2.75) is 37.8 Å². The van der Waals surface area contributed by atoms with E-state index in [1.54, 1.807) is 19.4 Å². The van der Waals surface area contributed by atoms with Crippen LogP contribution in [0.15, 0.2) is 12.3 Å². The van der Waals surface area contributed by atoms with Crippen molar-refractivity contribution in [3.8, 4) is 11.9 Å². The third-order valence-corrected chi connectivity index (χ3v) is 2.83. The van der Waals surface area contributed by atoms with Gasteiger partial charge >= 0.3 is 6.01 Å². The van der Waals surface area contributed by atoms with E-state index in [1.807, 2.05) is 0 Å². The lowest BCUT2D eigenvalue weighted by molar-refractivity contribution is 0.119. The lowest BCUT2D eigenvalue weighted by Gasteiger charge is -2.28. The molecule has 88 valence electrons. The summed E-state index contributed by atoms with van der Waals surface area (Å²) in [6.07, 6.45) is 5.97. The van der Waals surface area contributed by atoms with Crippen LogP contribution in [-0.2, 0) is 0 Å². The Balaban J connectivity index is 2.01. The van der Waals surface area contributed by atoms with E-state index >= 15 is 0 Å². The first-order valence-electron chi connectivity index (χ1n) is 5.59. The van der Waals surface area contributed by atoms with Crippen molar-refractivity contribution in [2.24, 2.45) is 5.73 Å². The summed E-state index contributed by atoms with van der Waals surface area (Å²) in [5, 5.41) is 0. The lowest BCUT2D eigenvalue weighted by atomic mass is 9.93. The number of aromatic nitrogens is 2. The summed E-state index contributed by atoms with van der Waals surface area (Å²) in [7, 11) is 1.57. The molecule has 1 aromatic rings. The molecule has 1 aliphatic carbocycles. The van der Waals surface area contributed by atoms with Crippen LogP contribution in [0, 0.1) is 0 Å². The topological polar surface area (TPSA) is 70.3 Å².